The summed E-state index contributed by atoms with van der Waals surface area (Å²) in [5.74, 6) is 0.588. The highest BCUT2D eigenvalue weighted by Crippen LogP contribution is 2.31. The lowest BCUT2D eigenvalue weighted by Gasteiger charge is -2.35. The van der Waals surface area contributed by atoms with Crippen LogP contribution < -0.4 is 4.90 Å². The molecule has 0 amide bonds. The molecule has 1 fully saturated rings. The second-order valence-electron chi connectivity index (χ2n) is 8.16. The third-order valence-corrected chi connectivity index (χ3v) is 8.07. The van der Waals surface area contributed by atoms with Crippen LogP contribution in [0.3, 0.4) is 0 Å². The zero-order chi connectivity index (χ0) is 23.7. The molecule has 1 aliphatic heterocycles. The Morgan fingerprint density at radius 1 is 0.912 bits per heavy atom. The molecule has 2 heterocycles. The van der Waals surface area contributed by atoms with Crippen molar-refractivity contribution in [1.29, 1.82) is 0 Å². The standard InChI is InChI=1S/C25H23ClN4O3S/c1-18-9-11-19(12-10-18)24-27-25(33-28-24)22-7-2-3-8-23(22)34(31,32)30-15-13-29(14-16-30)21-6-4-5-20(26)17-21/h2-12,17H,13-16H2,1H3. The molecule has 0 radical (unpaired) electrons. The first-order chi connectivity index (χ1) is 16.4. The number of benzene rings is 3. The van der Waals surface area contributed by atoms with Crippen molar-refractivity contribution in [3.63, 3.8) is 0 Å². The van der Waals surface area contributed by atoms with Crippen molar-refractivity contribution in [3.8, 4) is 22.8 Å². The minimum absolute atomic E-state index is 0.158. The molecule has 1 saturated heterocycles. The van der Waals surface area contributed by atoms with E-state index in [1.165, 1.54) is 4.31 Å². The minimum Gasteiger partial charge on any atom is -0.369 e. The van der Waals surface area contributed by atoms with Crippen LogP contribution in [0, 0.1) is 6.92 Å². The smallest absolute Gasteiger partial charge is 0.259 e. The van der Waals surface area contributed by atoms with E-state index < -0.39 is 10.0 Å². The van der Waals surface area contributed by atoms with Gasteiger partial charge in [0, 0.05) is 42.5 Å². The molecule has 1 aliphatic rings. The topological polar surface area (TPSA) is 79.5 Å². The van der Waals surface area contributed by atoms with Gasteiger partial charge in [0.15, 0.2) is 0 Å². The maximum Gasteiger partial charge on any atom is 0.259 e. The number of aromatic nitrogens is 2. The molecule has 0 bridgehead atoms. The normalized spacial score (nSPS) is 14.9. The van der Waals surface area contributed by atoms with Crippen LogP contribution in [0.5, 0.6) is 0 Å². The van der Waals surface area contributed by atoms with Crippen molar-refractivity contribution in [2.45, 2.75) is 11.8 Å². The van der Waals surface area contributed by atoms with E-state index in [4.69, 9.17) is 16.1 Å². The van der Waals surface area contributed by atoms with Gasteiger partial charge in [0.2, 0.25) is 15.8 Å². The predicted molar refractivity (Wildman–Crippen MR) is 132 cm³/mol. The van der Waals surface area contributed by atoms with E-state index in [1.54, 1.807) is 24.3 Å². The van der Waals surface area contributed by atoms with Crippen molar-refractivity contribution < 1.29 is 12.9 Å². The predicted octanol–water partition coefficient (Wildman–Crippen LogP) is 4.88. The van der Waals surface area contributed by atoms with Crippen LogP contribution in [-0.2, 0) is 10.0 Å². The lowest BCUT2D eigenvalue weighted by molar-refractivity contribution is 0.384. The summed E-state index contributed by atoms with van der Waals surface area (Å²) >= 11 is 6.12. The number of nitrogens with zero attached hydrogens (tertiary/aromatic N) is 4. The summed E-state index contributed by atoms with van der Waals surface area (Å²) in [6.07, 6.45) is 0. The van der Waals surface area contributed by atoms with Crippen LogP contribution in [0.2, 0.25) is 5.02 Å². The molecule has 34 heavy (non-hydrogen) atoms. The van der Waals surface area contributed by atoms with Gasteiger partial charge in [0.05, 0.1) is 10.5 Å². The molecule has 0 unspecified atom stereocenters. The lowest BCUT2D eigenvalue weighted by Crippen LogP contribution is -2.48. The van der Waals surface area contributed by atoms with Gasteiger partial charge in [0.1, 0.15) is 0 Å². The van der Waals surface area contributed by atoms with E-state index in [0.717, 1.165) is 16.8 Å². The highest BCUT2D eigenvalue weighted by Gasteiger charge is 2.31. The maximum absolute atomic E-state index is 13.6. The maximum atomic E-state index is 13.6. The summed E-state index contributed by atoms with van der Waals surface area (Å²) in [4.78, 5) is 6.77. The largest absolute Gasteiger partial charge is 0.369 e. The molecular weight excluding hydrogens is 472 g/mol. The van der Waals surface area contributed by atoms with Gasteiger partial charge in [-0.3, -0.25) is 0 Å². The van der Waals surface area contributed by atoms with Gasteiger partial charge in [-0.1, -0.05) is 64.8 Å². The quantitative estimate of drug-likeness (QED) is 0.393. The molecule has 174 valence electrons. The molecule has 3 aromatic carbocycles. The van der Waals surface area contributed by atoms with Gasteiger partial charge >= 0.3 is 0 Å². The van der Waals surface area contributed by atoms with Gasteiger partial charge in [0.25, 0.3) is 5.89 Å². The average Bonchev–Trinajstić information content (AvgIpc) is 3.35. The van der Waals surface area contributed by atoms with E-state index in [1.807, 2.05) is 55.5 Å². The van der Waals surface area contributed by atoms with Crippen molar-refractivity contribution in [2.75, 3.05) is 31.1 Å². The van der Waals surface area contributed by atoms with E-state index in [0.29, 0.717) is 42.6 Å². The Morgan fingerprint density at radius 2 is 1.65 bits per heavy atom. The molecule has 0 saturated carbocycles. The monoisotopic (exact) mass is 494 g/mol. The number of aryl methyl sites for hydroxylation is 1. The fraction of sp³-hybridized carbons (Fsp3) is 0.200. The van der Waals surface area contributed by atoms with Gasteiger partial charge in [-0.25, -0.2) is 8.42 Å². The summed E-state index contributed by atoms with van der Waals surface area (Å²) in [5.41, 5.74) is 3.31. The summed E-state index contributed by atoms with van der Waals surface area (Å²) < 4.78 is 34.2. The molecule has 5 rings (SSSR count). The molecule has 0 spiro atoms. The van der Waals surface area contributed by atoms with Crippen LogP contribution in [0.15, 0.2) is 82.2 Å². The molecule has 0 aliphatic carbocycles. The van der Waals surface area contributed by atoms with Gasteiger partial charge in [-0.2, -0.15) is 9.29 Å². The van der Waals surface area contributed by atoms with Crippen LogP contribution >= 0.6 is 11.6 Å². The Labute approximate surface area is 203 Å². The molecule has 9 heteroatoms. The number of halogens is 1. The SMILES string of the molecule is Cc1ccc(-c2noc(-c3ccccc3S(=O)(=O)N3CCN(c4cccc(Cl)c4)CC3)n2)cc1. The first-order valence-electron chi connectivity index (χ1n) is 10.9. The van der Waals surface area contributed by atoms with Crippen LogP contribution in [-0.4, -0.2) is 49.0 Å². The third kappa shape index (κ3) is 4.44. The molecular formula is C25H23ClN4O3S. The van der Waals surface area contributed by atoms with Crippen LogP contribution in [0.1, 0.15) is 5.56 Å². The zero-order valence-electron chi connectivity index (χ0n) is 18.6. The first-order valence-corrected chi connectivity index (χ1v) is 12.7. The number of hydrogen-bond acceptors (Lipinski definition) is 6. The van der Waals surface area contributed by atoms with Gasteiger partial charge in [-0.15, -0.1) is 0 Å². The molecule has 4 aromatic rings. The molecule has 1 aromatic heterocycles. The summed E-state index contributed by atoms with van der Waals surface area (Å²) in [7, 11) is -3.76. The Morgan fingerprint density at radius 3 is 2.38 bits per heavy atom. The van der Waals surface area contributed by atoms with Gasteiger partial charge in [-0.05, 0) is 37.3 Å². The summed E-state index contributed by atoms with van der Waals surface area (Å²) in [6, 6.07) is 22.1. The summed E-state index contributed by atoms with van der Waals surface area (Å²) in [5, 5.41) is 4.73. The fourth-order valence-corrected chi connectivity index (χ4v) is 5.81. The second kappa shape index (κ2) is 9.21. The number of sulfonamides is 1. The van der Waals surface area contributed by atoms with E-state index in [-0.39, 0.29) is 10.8 Å². The lowest BCUT2D eigenvalue weighted by atomic mass is 10.1. The highest BCUT2D eigenvalue weighted by atomic mass is 35.5. The first kappa shape index (κ1) is 22.6. The number of rotatable bonds is 5. The third-order valence-electron chi connectivity index (χ3n) is 5.88. The van der Waals surface area contributed by atoms with Crippen LogP contribution in [0.25, 0.3) is 22.8 Å². The van der Waals surface area contributed by atoms with Crippen molar-refractivity contribution in [1.82, 2.24) is 14.4 Å². The Balaban J connectivity index is 1.39. The number of piperazine rings is 1. The summed E-state index contributed by atoms with van der Waals surface area (Å²) in [6.45, 7) is 3.87. The van der Waals surface area contributed by atoms with E-state index in [9.17, 15) is 8.42 Å². The van der Waals surface area contributed by atoms with E-state index in [2.05, 4.69) is 15.0 Å². The zero-order valence-corrected chi connectivity index (χ0v) is 20.1. The Hall–Kier alpha value is -3.20. The van der Waals surface area contributed by atoms with Crippen molar-refractivity contribution >= 4 is 27.3 Å². The number of anilines is 1. The average molecular weight is 495 g/mol. The van der Waals surface area contributed by atoms with E-state index >= 15 is 0 Å². The van der Waals surface area contributed by atoms with Crippen LogP contribution in [0.4, 0.5) is 5.69 Å². The molecule has 0 atom stereocenters. The highest BCUT2D eigenvalue weighted by molar-refractivity contribution is 7.89. The fourth-order valence-electron chi connectivity index (χ4n) is 4.02. The number of hydrogen-bond donors (Lipinski definition) is 0. The Kier molecular flexibility index (Phi) is 6.12. The van der Waals surface area contributed by atoms with Gasteiger partial charge < -0.3 is 9.42 Å². The Bertz CT molecular complexity index is 1410. The second-order valence-corrected chi connectivity index (χ2v) is 10.5. The minimum atomic E-state index is -3.76. The molecule has 7 nitrogen and oxygen atoms in total. The van der Waals surface area contributed by atoms with Crippen molar-refractivity contribution in [3.05, 3.63) is 83.4 Å². The molecule has 0 N–H and O–H groups in total. The van der Waals surface area contributed by atoms with Crippen molar-refractivity contribution in [2.24, 2.45) is 0 Å².